The van der Waals surface area contributed by atoms with Crippen LogP contribution in [0.5, 0.6) is 0 Å². The minimum absolute atomic E-state index is 0.604. The van der Waals surface area contributed by atoms with Crippen molar-refractivity contribution in [1.29, 1.82) is 0 Å². The molecule has 3 rings (SSSR count). The van der Waals surface area contributed by atoms with E-state index in [9.17, 15) is 0 Å². The first kappa shape index (κ1) is 16.7. The van der Waals surface area contributed by atoms with Crippen LogP contribution >= 0.6 is 23.5 Å². The summed E-state index contributed by atoms with van der Waals surface area (Å²) in [6.45, 7) is 4.48. The van der Waals surface area contributed by atoms with E-state index in [4.69, 9.17) is 0 Å². The first-order chi connectivity index (χ1) is 11.1. The molecule has 0 aromatic heterocycles. The SMILES string of the molecule is CSc1ccc2c(c1)N(C[C@H](C)CN(C)C)c1ccccc1S2. The minimum atomic E-state index is 0.604. The Bertz CT molecular complexity index is 685. The molecule has 0 saturated carbocycles. The van der Waals surface area contributed by atoms with Gasteiger partial charge >= 0.3 is 0 Å². The molecule has 2 aromatic rings. The highest BCUT2D eigenvalue weighted by Crippen LogP contribution is 2.49. The van der Waals surface area contributed by atoms with E-state index in [1.54, 1.807) is 0 Å². The lowest BCUT2D eigenvalue weighted by molar-refractivity contribution is 0.343. The normalized spacial score (nSPS) is 14.6. The third-order valence-corrected chi connectivity index (χ3v) is 5.86. The number of thioether (sulfide) groups is 1. The predicted octanol–water partition coefficient (Wildman–Crippen LogP) is 5.21. The first-order valence-corrected chi connectivity index (χ1v) is 10.00. The van der Waals surface area contributed by atoms with Gasteiger partial charge in [0.25, 0.3) is 0 Å². The smallest absolute Gasteiger partial charge is 0.0564 e. The van der Waals surface area contributed by atoms with Gasteiger partial charge in [0.2, 0.25) is 0 Å². The molecule has 0 aliphatic carbocycles. The van der Waals surface area contributed by atoms with Gasteiger partial charge < -0.3 is 9.80 Å². The molecule has 2 aromatic carbocycles. The lowest BCUT2D eigenvalue weighted by Gasteiger charge is -2.35. The maximum atomic E-state index is 2.51. The molecule has 1 aliphatic rings. The average molecular weight is 345 g/mol. The lowest BCUT2D eigenvalue weighted by Crippen LogP contribution is -2.31. The van der Waals surface area contributed by atoms with Crippen molar-refractivity contribution in [2.75, 3.05) is 38.3 Å². The zero-order valence-electron chi connectivity index (χ0n) is 14.2. The van der Waals surface area contributed by atoms with Gasteiger partial charge in [-0.15, -0.1) is 11.8 Å². The van der Waals surface area contributed by atoms with Crippen LogP contribution in [0.3, 0.4) is 0 Å². The molecule has 0 radical (unpaired) electrons. The highest BCUT2D eigenvalue weighted by molar-refractivity contribution is 8.00. The van der Waals surface area contributed by atoms with Crippen molar-refractivity contribution in [3.8, 4) is 0 Å². The third kappa shape index (κ3) is 3.70. The Hall–Kier alpha value is -1.10. The van der Waals surface area contributed by atoms with Gasteiger partial charge in [-0.1, -0.05) is 30.8 Å². The van der Waals surface area contributed by atoms with Gasteiger partial charge in [-0.25, -0.2) is 0 Å². The Morgan fingerprint density at radius 2 is 1.83 bits per heavy atom. The molecule has 0 amide bonds. The number of benzene rings is 2. The van der Waals surface area contributed by atoms with E-state index in [-0.39, 0.29) is 0 Å². The number of anilines is 2. The lowest BCUT2D eigenvalue weighted by atomic mass is 10.1. The van der Waals surface area contributed by atoms with Gasteiger partial charge in [0, 0.05) is 27.8 Å². The van der Waals surface area contributed by atoms with Gasteiger partial charge in [0.05, 0.1) is 11.4 Å². The van der Waals surface area contributed by atoms with Crippen LogP contribution in [0.15, 0.2) is 57.2 Å². The Labute approximate surface area is 148 Å². The fraction of sp³-hybridized carbons (Fsp3) is 0.368. The number of fused-ring (bicyclic) bond motifs is 2. The highest BCUT2D eigenvalue weighted by atomic mass is 32.2. The van der Waals surface area contributed by atoms with Gasteiger partial charge in [-0.2, -0.15) is 0 Å². The topological polar surface area (TPSA) is 6.48 Å². The summed E-state index contributed by atoms with van der Waals surface area (Å²) in [5.74, 6) is 0.604. The van der Waals surface area contributed by atoms with Crippen LogP contribution in [0.1, 0.15) is 6.92 Å². The zero-order chi connectivity index (χ0) is 16.4. The molecule has 0 unspecified atom stereocenters. The van der Waals surface area contributed by atoms with E-state index >= 15 is 0 Å². The van der Waals surface area contributed by atoms with Crippen molar-refractivity contribution in [2.45, 2.75) is 21.6 Å². The van der Waals surface area contributed by atoms with Gasteiger partial charge in [0.15, 0.2) is 0 Å². The zero-order valence-corrected chi connectivity index (χ0v) is 15.9. The van der Waals surface area contributed by atoms with Gasteiger partial charge in [-0.3, -0.25) is 0 Å². The van der Waals surface area contributed by atoms with Crippen LogP contribution in [-0.2, 0) is 0 Å². The molecule has 23 heavy (non-hydrogen) atoms. The summed E-state index contributed by atoms with van der Waals surface area (Å²) >= 11 is 3.70. The molecule has 0 bridgehead atoms. The van der Waals surface area contributed by atoms with E-state index < -0.39 is 0 Å². The van der Waals surface area contributed by atoms with Crippen LogP contribution in [-0.4, -0.2) is 38.3 Å². The van der Waals surface area contributed by atoms with Crippen molar-refractivity contribution in [1.82, 2.24) is 4.90 Å². The largest absolute Gasteiger partial charge is 0.339 e. The maximum absolute atomic E-state index is 2.51. The molecule has 4 heteroatoms. The Morgan fingerprint density at radius 1 is 1.09 bits per heavy atom. The first-order valence-electron chi connectivity index (χ1n) is 7.95. The summed E-state index contributed by atoms with van der Waals surface area (Å²) < 4.78 is 0. The van der Waals surface area contributed by atoms with Crippen molar-refractivity contribution in [3.63, 3.8) is 0 Å². The fourth-order valence-electron chi connectivity index (χ4n) is 3.13. The summed E-state index contributed by atoms with van der Waals surface area (Å²) in [5.41, 5.74) is 2.69. The van der Waals surface area contributed by atoms with E-state index in [1.807, 2.05) is 23.5 Å². The number of rotatable bonds is 5. The van der Waals surface area contributed by atoms with E-state index in [1.165, 1.54) is 26.1 Å². The summed E-state index contributed by atoms with van der Waals surface area (Å²) in [4.78, 5) is 8.82. The van der Waals surface area contributed by atoms with Gasteiger partial charge in [-0.05, 0) is 56.6 Å². The Kier molecular flexibility index (Phi) is 5.24. The van der Waals surface area contributed by atoms with Crippen molar-refractivity contribution in [2.24, 2.45) is 5.92 Å². The number of hydrogen-bond donors (Lipinski definition) is 0. The van der Waals surface area contributed by atoms with Crippen LogP contribution < -0.4 is 4.90 Å². The minimum Gasteiger partial charge on any atom is -0.339 e. The molecule has 1 aliphatic heterocycles. The van der Waals surface area contributed by atoms with Gasteiger partial charge in [0.1, 0.15) is 0 Å². The molecule has 0 fully saturated rings. The number of para-hydroxylation sites is 1. The molecule has 2 nitrogen and oxygen atoms in total. The average Bonchev–Trinajstić information content (AvgIpc) is 2.53. The van der Waals surface area contributed by atoms with Crippen molar-refractivity contribution >= 4 is 34.9 Å². The number of nitrogens with zero attached hydrogens (tertiary/aromatic N) is 2. The quantitative estimate of drug-likeness (QED) is 0.687. The molecule has 0 saturated heterocycles. The van der Waals surface area contributed by atoms with E-state index in [0.717, 1.165) is 13.1 Å². The number of hydrogen-bond acceptors (Lipinski definition) is 4. The second-order valence-corrected chi connectivity index (χ2v) is 8.34. The Balaban J connectivity index is 1.99. The Morgan fingerprint density at radius 3 is 2.57 bits per heavy atom. The molecule has 0 spiro atoms. The summed E-state index contributed by atoms with van der Waals surface area (Å²) in [6.07, 6.45) is 2.14. The van der Waals surface area contributed by atoms with E-state index in [0.29, 0.717) is 5.92 Å². The molecule has 122 valence electrons. The van der Waals surface area contributed by atoms with E-state index in [2.05, 4.69) is 79.5 Å². The standard InChI is InChI=1S/C19H24N2S2/c1-14(12-20(2)3)13-21-16-7-5-6-8-18(16)23-19-10-9-15(22-4)11-17(19)21/h5-11,14H,12-13H2,1-4H3/t14-/m1/s1. The van der Waals surface area contributed by atoms with Crippen LogP contribution in [0.4, 0.5) is 11.4 Å². The predicted molar refractivity (Wildman–Crippen MR) is 104 cm³/mol. The maximum Gasteiger partial charge on any atom is 0.0564 e. The molecule has 0 N–H and O–H groups in total. The molecular formula is C19H24N2S2. The van der Waals surface area contributed by atoms with Crippen molar-refractivity contribution in [3.05, 3.63) is 42.5 Å². The molecular weight excluding hydrogens is 320 g/mol. The third-order valence-electron chi connectivity index (χ3n) is 4.00. The van der Waals surface area contributed by atoms with Crippen LogP contribution in [0.25, 0.3) is 0 Å². The monoisotopic (exact) mass is 344 g/mol. The second kappa shape index (κ2) is 7.20. The molecule has 1 atom stereocenters. The van der Waals surface area contributed by atoms with Crippen molar-refractivity contribution < 1.29 is 0 Å². The van der Waals surface area contributed by atoms with Crippen LogP contribution in [0.2, 0.25) is 0 Å². The van der Waals surface area contributed by atoms with Crippen LogP contribution in [0, 0.1) is 5.92 Å². The summed E-state index contributed by atoms with van der Waals surface area (Å²) in [6, 6.07) is 15.6. The second-order valence-electron chi connectivity index (χ2n) is 6.38. The molecule has 1 heterocycles. The fourth-order valence-corrected chi connectivity index (χ4v) is 4.64. The summed E-state index contributed by atoms with van der Waals surface area (Å²) in [5, 5.41) is 0. The summed E-state index contributed by atoms with van der Waals surface area (Å²) in [7, 11) is 4.30. The highest BCUT2D eigenvalue weighted by Gasteiger charge is 2.24.